The van der Waals surface area contributed by atoms with Crippen molar-refractivity contribution in [2.75, 3.05) is 4.90 Å². The van der Waals surface area contributed by atoms with E-state index in [4.69, 9.17) is 4.42 Å². The van der Waals surface area contributed by atoms with Gasteiger partial charge in [-0.3, -0.25) is 4.79 Å². The zero-order valence-corrected chi connectivity index (χ0v) is 14.7. The van der Waals surface area contributed by atoms with Crippen molar-refractivity contribution in [3.63, 3.8) is 0 Å². The third kappa shape index (κ3) is 2.72. The van der Waals surface area contributed by atoms with Crippen molar-refractivity contribution in [1.29, 1.82) is 0 Å². The number of thiazole rings is 1. The number of carbonyl (C=O) groups excluding carboxylic acids is 1. The van der Waals surface area contributed by atoms with E-state index in [1.54, 1.807) is 17.0 Å². The van der Waals surface area contributed by atoms with Gasteiger partial charge in [0.25, 0.3) is 5.91 Å². The second kappa shape index (κ2) is 6.18. The molecule has 124 valence electrons. The smallest absolute Gasteiger partial charge is 0.300 e. The van der Waals surface area contributed by atoms with Crippen LogP contribution in [-0.4, -0.2) is 10.9 Å². The van der Waals surface area contributed by atoms with Crippen LogP contribution in [0.4, 0.5) is 10.8 Å². The highest BCUT2D eigenvalue weighted by molar-refractivity contribution is 7.22. The Morgan fingerprint density at radius 2 is 1.76 bits per heavy atom. The minimum atomic E-state index is -0.221. The monoisotopic (exact) mass is 348 g/mol. The number of hydrogen-bond donors (Lipinski definition) is 0. The minimum absolute atomic E-state index is 0.221. The van der Waals surface area contributed by atoms with Gasteiger partial charge >= 0.3 is 0 Å². The van der Waals surface area contributed by atoms with Crippen LogP contribution >= 0.6 is 11.3 Å². The van der Waals surface area contributed by atoms with Crippen molar-refractivity contribution in [2.45, 2.75) is 13.8 Å². The molecule has 0 unspecified atom stereocenters. The lowest BCUT2D eigenvalue weighted by atomic mass is 10.1. The average molecular weight is 348 g/mol. The van der Waals surface area contributed by atoms with Crippen LogP contribution < -0.4 is 4.90 Å². The maximum Gasteiger partial charge on any atom is 0.300 e. The summed E-state index contributed by atoms with van der Waals surface area (Å²) in [5.41, 5.74) is 3.76. The first-order valence-corrected chi connectivity index (χ1v) is 8.76. The van der Waals surface area contributed by atoms with E-state index >= 15 is 0 Å². The molecule has 2 aromatic carbocycles. The van der Waals surface area contributed by atoms with Crippen LogP contribution in [0.25, 0.3) is 10.2 Å². The molecule has 0 bridgehead atoms. The molecule has 5 heteroatoms. The van der Waals surface area contributed by atoms with Crippen LogP contribution in [0.1, 0.15) is 21.7 Å². The van der Waals surface area contributed by atoms with Gasteiger partial charge in [-0.25, -0.2) is 9.88 Å². The van der Waals surface area contributed by atoms with E-state index in [2.05, 4.69) is 4.98 Å². The number of nitrogens with zero attached hydrogens (tertiary/aromatic N) is 2. The molecule has 0 atom stereocenters. The van der Waals surface area contributed by atoms with Gasteiger partial charge in [-0.15, -0.1) is 0 Å². The molecule has 0 saturated heterocycles. The molecule has 1 amide bonds. The molecule has 0 aliphatic carbocycles. The number of benzene rings is 2. The summed E-state index contributed by atoms with van der Waals surface area (Å²) in [5.74, 6) is 0.0726. The van der Waals surface area contributed by atoms with E-state index in [0.717, 1.165) is 27.0 Å². The Bertz CT molecular complexity index is 997. The number of para-hydroxylation sites is 2. The van der Waals surface area contributed by atoms with Crippen LogP contribution in [0, 0.1) is 13.8 Å². The van der Waals surface area contributed by atoms with E-state index in [-0.39, 0.29) is 5.91 Å². The number of hydrogen-bond acceptors (Lipinski definition) is 4. The zero-order chi connectivity index (χ0) is 17.4. The molecule has 4 nitrogen and oxygen atoms in total. The fourth-order valence-corrected chi connectivity index (χ4v) is 3.88. The molecule has 2 heterocycles. The second-order valence-corrected chi connectivity index (χ2v) is 6.83. The van der Waals surface area contributed by atoms with E-state index in [1.165, 1.54) is 17.6 Å². The third-order valence-electron chi connectivity index (χ3n) is 4.07. The second-order valence-electron chi connectivity index (χ2n) is 5.82. The lowest BCUT2D eigenvalue weighted by molar-refractivity contribution is 0.0972. The summed E-state index contributed by atoms with van der Waals surface area (Å²) in [5, 5.41) is 0.639. The predicted octanol–water partition coefficient (Wildman–Crippen LogP) is 5.48. The highest BCUT2D eigenvalue weighted by Gasteiger charge is 2.27. The van der Waals surface area contributed by atoms with Gasteiger partial charge in [-0.1, -0.05) is 41.7 Å². The summed E-state index contributed by atoms with van der Waals surface area (Å²) in [6.07, 6.45) is 1.51. The Balaban J connectivity index is 1.94. The number of anilines is 2. The fraction of sp³-hybridized carbons (Fsp3) is 0.100. The molecular formula is C20H16N2O2S. The molecule has 0 fully saturated rings. The van der Waals surface area contributed by atoms with Crippen LogP contribution in [-0.2, 0) is 0 Å². The van der Waals surface area contributed by atoms with E-state index in [1.807, 2.05) is 56.3 Å². The average Bonchev–Trinajstić information content (AvgIpc) is 3.26. The molecule has 0 saturated carbocycles. The molecule has 0 aliphatic rings. The largest absolute Gasteiger partial charge is 0.459 e. The molecular weight excluding hydrogens is 332 g/mol. The number of aryl methyl sites for hydroxylation is 2. The maximum absolute atomic E-state index is 13.2. The van der Waals surface area contributed by atoms with E-state index < -0.39 is 0 Å². The molecule has 0 N–H and O–H groups in total. The minimum Gasteiger partial charge on any atom is -0.459 e. The molecule has 2 aromatic heterocycles. The number of carbonyl (C=O) groups is 1. The topological polar surface area (TPSA) is 46.3 Å². The van der Waals surface area contributed by atoms with Gasteiger partial charge in [0.2, 0.25) is 0 Å². The molecule has 0 spiro atoms. The summed E-state index contributed by atoms with van der Waals surface area (Å²) in [7, 11) is 0. The Hall–Kier alpha value is -2.92. The molecule has 4 aromatic rings. The van der Waals surface area contributed by atoms with Crippen LogP contribution in [0.2, 0.25) is 0 Å². The Morgan fingerprint density at radius 3 is 2.44 bits per heavy atom. The van der Waals surface area contributed by atoms with Crippen LogP contribution in [0.15, 0.2) is 65.3 Å². The van der Waals surface area contributed by atoms with Gasteiger partial charge in [0.05, 0.1) is 22.2 Å². The zero-order valence-electron chi connectivity index (χ0n) is 13.9. The first-order valence-electron chi connectivity index (χ1n) is 7.95. The van der Waals surface area contributed by atoms with Gasteiger partial charge in [-0.2, -0.15) is 0 Å². The quantitative estimate of drug-likeness (QED) is 0.492. The number of aromatic nitrogens is 1. The fourth-order valence-electron chi connectivity index (χ4n) is 2.91. The van der Waals surface area contributed by atoms with Gasteiger partial charge < -0.3 is 4.42 Å². The highest BCUT2D eigenvalue weighted by atomic mass is 32.1. The number of rotatable bonds is 3. The Morgan fingerprint density at radius 1 is 1.00 bits per heavy atom. The van der Waals surface area contributed by atoms with Crippen molar-refractivity contribution >= 4 is 38.3 Å². The van der Waals surface area contributed by atoms with E-state index in [9.17, 15) is 4.79 Å². The maximum atomic E-state index is 13.2. The summed E-state index contributed by atoms with van der Waals surface area (Å²) >= 11 is 1.50. The van der Waals surface area contributed by atoms with Crippen molar-refractivity contribution in [3.8, 4) is 0 Å². The lowest BCUT2D eigenvalue weighted by Gasteiger charge is -2.23. The van der Waals surface area contributed by atoms with Crippen LogP contribution in [0.5, 0.6) is 0 Å². The van der Waals surface area contributed by atoms with Crippen molar-refractivity contribution in [1.82, 2.24) is 4.98 Å². The summed E-state index contributed by atoms with van der Waals surface area (Å²) < 4.78 is 6.40. The van der Waals surface area contributed by atoms with E-state index in [0.29, 0.717) is 10.9 Å². The van der Waals surface area contributed by atoms with Gasteiger partial charge in [0.15, 0.2) is 10.9 Å². The number of amides is 1. The molecule has 4 rings (SSSR count). The van der Waals surface area contributed by atoms with Gasteiger partial charge in [-0.05, 0) is 49.2 Å². The SMILES string of the molecule is Cc1cccc(C)c1N(C(=O)c1ccco1)c1nc2ccccc2s1. The van der Waals surface area contributed by atoms with Crippen molar-refractivity contribution < 1.29 is 9.21 Å². The Labute approximate surface area is 149 Å². The number of furan rings is 1. The standard InChI is InChI=1S/C20H16N2O2S/c1-13-7-5-8-14(2)18(13)22(19(23)16-10-6-12-24-16)20-21-15-9-3-4-11-17(15)25-20/h3-12H,1-2H3. The summed E-state index contributed by atoms with van der Waals surface area (Å²) in [6, 6.07) is 17.3. The van der Waals surface area contributed by atoms with Gasteiger partial charge in [0, 0.05) is 0 Å². The number of fused-ring (bicyclic) bond motifs is 1. The first kappa shape index (κ1) is 15.6. The first-order chi connectivity index (χ1) is 12.1. The lowest BCUT2D eigenvalue weighted by Crippen LogP contribution is -2.27. The van der Waals surface area contributed by atoms with Crippen molar-refractivity contribution in [2.24, 2.45) is 0 Å². The summed E-state index contributed by atoms with van der Waals surface area (Å²) in [4.78, 5) is 19.5. The molecule has 0 radical (unpaired) electrons. The highest BCUT2D eigenvalue weighted by Crippen LogP contribution is 2.37. The normalized spacial score (nSPS) is 11.0. The molecule has 0 aliphatic heterocycles. The third-order valence-corrected chi connectivity index (χ3v) is 5.09. The van der Waals surface area contributed by atoms with Crippen molar-refractivity contribution in [3.05, 3.63) is 77.7 Å². The predicted molar refractivity (Wildman–Crippen MR) is 101 cm³/mol. The van der Waals surface area contributed by atoms with Crippen LogP contribution in [0.3, 0.4) is 0 Å². The molecule has 25 heavy (non-hydrogen) atoms. The summed E-state index contributed by atoms with van der Waals surface area (Å²) in [6.45, 7) is 4.00. The van der Waals surface area contributed by atoms with Gasteiger partial charge in [0.1, 0.15) is 0 Å². The Kier molecular flexibility index (Phi) is 3.86.